The van der Waals surface area contributed by atoms with Crippen LogP contribution in [-0.4, -0.2) is 37.2 Å². The Labute approximate surface area is 442 Å². The maximum atomic E-state index is 12.9. The van der Waals surface area contributed by atoms with Crippen molar-refractivity contribution < 1.29 is 28.6 Å². The summed E-state index contributed by atoms with van der Waals surface area (Å²) in [5.41, 5.74) is 0. The summed E-state index contributed by atoms with van der Waals surface area (Å²) in [6.45, 7) is 6.38. The van der Waals surface area contributed by atoms with Crippen molar-refractivity contribution in [2.75, 3.05) is 13.2 Å². The van der Waals surface area contributed by atoms with Crippen LogP contribution in [0.5, 0.6) is 0 Å². The number of carbonyl (C=O) groups excluding carboxylic acids is 3. The Bertz CT molecular complexity index is 1610. The second-order valence-electron chi connectivity index (χ2n) is 18.5. The van der Waals surface area contributed by atoms with Gasteiger partial charge < -0.3 is 14.2 Å². The number of rotatable bonds is 50. The summed E-state index contributed by atoms with van der Waals surface area (Å²) in [6.07, 6.45) is 84.0. The number of hydrogen-bond donors (Lipinski definition) is 0. The van der Waals surface area contributed by atoms with Crippen molar-refractivity contribution in [2.45, 2.75) is 239 Å². The molecule has 0 spiro atoms. The fraction of sp³-hybridized carbons (Fsp3) is 0.591. The molecule has 0 bridgehead atoms. The molecule has 0 aromatic heterocycles. The lowest BCUT2D eigenvalue weighted by Gasteiger charge is -2.18. The highest BCUT2D eigenvalue weighted by Gasteiger charge is 2.19. The maximum Gasteiger partial charge on any atom is 0.306 e. The molecular formula is C66H104O6. The Morgan fingerprint density at radius 1 is 0.306 bits per heavy atom. The Morgan fingerprint density at radius 3 is 1.07 bits per heavy atom. The van der Waals surface area contributed by atoms with Crippen LogP contribution in [0.4, 0.5) is 0 Å². The van der Waals surface area contributed by atoms with Crippen LogP contribution in [-0.2, 0) is 28.6 Å². The van der Waals surface area contributed by atoms with E-state index in [9.17, 15) is 14.4 Å². The molecule has 404 valence electrons. The summed E-state index contributed by atoms with van der Waals surface area (Å²) in [5.74, 6) is -1.04. The first-order valence-corrected chi connectivity index (χ1v) is 28.9. The van der Waals surface area contributed by atoms with E-state index in [1.807, 2.05) is 0 Å². The van der Waals surface area contributed by atoms with Crippen LogP contribution in [0.15, 0.2) is 146 Å². The summed E-state index contributed by atoms with van der Waals surface area (Å²) in [6, 6.07) is 0. The second-order valence-corrected chi connectivity index (χ2v) is 18.5. The quantitative estimate of drug-likeness (QED) is 0.0199. The average Bonchev–Trinajstić information content (AvgIpc) is 3.38. The van der Waals surface area contributed by atoms with Crippen LogP contribution in [0.2, 0.25) is 0 Å². The topological polar surface area (TPSA) is 78.9 Å². The minimum absolute atomic E-state index is 0.127. The van der Waals surface area contributed by atoms with E-state index in [-0.39, 0.29) is 44.0 Å². The minimum atomic E-state index is -0.832. The molecule has 0 radical (unpaired) electrons. The highest BCUT2D eigenvalue weighted by atomic mass is 16.6. The summed E-state index contributed by atoms with van der Waals surface area (Å²) >= 11 is 0. The van der Waals surface area contributed by atoms with Gasteiger partial charge in [-0.15, -0.1) is 0 Å². The molecule has 6 heteroatoms. The van der Waals surface area contributed by atoms with Gasteiger partial charge in [0.15, 0.2) is 6.10 Å². The van der Waals surface area contributed by atoms with Crippen molar-refractivity contribution in [1.82, 2.24) is 0 Å². The summed E-state index contributed by atoms with van der Waals surface area (Å²) in [7, 11) is 0. The Morgan fingerprint density at radius 2 is 0.611 bits per heavy atom. The van der Waals surface area contributed by atoms with Gasteiger partial charge in [-0.3, -0.25) is 14.4 Å². The SMILES string of the molecule is CC/C=C\C/C=C\C/C=C\C/C=C\C/C=C\CCCCCC(=O)OCC(COC(=O)CCC/C=C\C/C=C\C/C=C\CCCCCCCC)OC(=O)CCCCCCC\C=C/C=C\C=C/C=C\CCCCC. The molecule has 0 N–H and O–H groups in total. The zero-order chi connectivity index (χ0) is 52.2. The fourth-order valence-corrected chi connectivity index (χ4v) is 7.32. The highest BCUT2D eigenvalue weighted by Crippen LogP contribution is 2.12. The molecule has 0 aromatic rings. The van der Waals surface area contributed by atoms with E-state index in [0.29, 0.717) is 12.8 Å². The van der Waals surface area contributed by atoms with Gasteiger partial charge >= 0.3 is 17.9 Å². The van der Waals surface area contributed by atoms with Crippen molar-refractivity contribution >= 4 is 17.9 Å². The van der Waals surface area contributed by atoms with E-state index >= 15 is 0 Å². The van der Waals surface area contributed by atoms with Crippen molar-refractivity contribution in [3.63, 3.8) is 0 Å². The standard InChI is InChI=1S/C66H104O6/c1-4-7-10-13-16-19-22-25-28-31-33-36-38-41-44-47-50-53-56-59-65(68)71-62-63(61-70-64(67)58-55-52-49-46-43-40-37-34-30-27-24-21-18-15-12-9-6-3)72-66(69)60-57-54-51-48-45-42-39-35-32-29-26-23-20-17-14-11-8-5-2/h7,10,16-17,19-20,23,25-30,32-33,35-37,39-41,44,46,49,63H,4-6,8-9,11-15,18,21-22,24,31,34,38,42-43,45,47-48,50-62H2,1-3H3/b10-7-,19-16-,20-17-,26-23-,28-25-,30-27-,32-29-,36-33-,39-35-,40-37-,44-41-,49-46-. The fourth-order valence-electron chi connectivity index (χ4n) is 7.32. The van der Waals surface area contributed by atoms with Gasteiger partial charge in [-0.2, -0.15) is 0 Å². The Hall–Kier alpha value is -4.71. The molecular weight excluding hydrogens is 889 g/mol. The molecule has 72 heavy (non-hydrogen) atoms. The number of hydrogen-bond acceptors (Lipinski definition) is 6. The molecule has 0 rings (SSSR count). The van der Waals surface area contributed by atoms with Crippen LogP contribution >= 0.6 is 0 Å². The second kappa shape index (κ2) is 58.9. The van der Waals surface area contributed by atoms with E-state index < -0.39 is 6.10 Å². The van der Waals surface area contributed by atoms with Gasteiger partial charge in [-0.1, -0.05) is 237 Å². The molecule has 0 saturated carbocycles. The zero-order valence-electron chi connectivity index (χ0n) is 46.1. The van der Waals surface area contributed by atoms with Crippen LogP contribution in [0.25, 0.3) is 0 Å². The molecule has 0 saturated heterocycles. The number of carbonyl (C=O) groups is 3. The van der Waals surface area contributed by atoms with Crippen LogP contribution in [0.1, 0.15) is 233 Å². The van der Waals surface area contributed by atoms with Gasteiger partial charge in [0.05, 0.1) is 0 Å². The normalized spacial score (nSPS) is 13.2. The molecule has 1 unspecified atom stereocenters. The van der Waals surface area contributed by atoms with E-state index in [1.165, 1.54) is 64.2 Å². The maximum absolute atomic E-state index is 12.9. The average molecular weight is 994 g/mol. The van der Waals surface area contributed by atoms with E-state index in [0.717, 1.165) is 122 Å². The molecule has 6 nitrogen and oxygen atoms in total. The molecule has 0 aliphatic rings. The lowest BCUT2D eigenvalue weighted by molar-refractivity contribution is -0.167. The minimum Gasteiger partial charge on any atom is -0.462 e. The predicted molar refractivity (Wildman–Crippen MR) is 311 cm³/mol. The molecule has 1 atom stereocenters. The lowest BCUT2D eigenvalue weighted by atomic mass is 10.1. The van der Waals surface area contributed by atoms with Gasteiger partial charge in [-0.05, 0) is 122 Å². The lowest BCUT2D eigenvalue weighted by Crippen LogP contribution is -2.30. The first-order valence-electron chi connectivity index (χ1n) is 28.9. The van der Waals surface area contributed by atoms with Crippen molar-refractivity contribution in [3.8, 4) is 0 Å². The van der Waals surface area contributed by atoms with Crippen molar-refractivity contribution in [3.05, 3.63) is 146 Å². The first-order chi connectivity index (χ1) is 35.5. The Balaban J connectivity index is 4.61. The third-order valence-corrected chi connectivity index (χ3v) is 11.6. The largest absolute Gasteiger partial charge is 0.462 e. The van der Waals surface area contributed by atoms with E-state index in [4.69, 9.17) is 14.2 Å². The summed E-state index contributed by atoms with van der Waals surface area (Å²) < 4.78 is 16.8. The number of allylic oxidation sites excluding steroid dienone is 24. The third-order valence-electron chi connectivity index (χ3n) is 11.6. The van der Waals surface area contributed by atoms with Crippen molar-refractivity contribution in [1.29, 1.82) is 0 Å². The van der Waals surface area contributed by atoms with Crippen molar-refractivity contribution in [2.24, 2.45) is 0 Å². The van der Waals surface area contributed by atoms with Gasteiger partial charge in [0.25, 0.3) is 0 Å². The van der Waals surface area contributed by atoms with Gasteiger partial charge in [-0.25, -0.2) is 0 Å². The first kappa shape index (κ1) is 67.3. The third kappa shape index (κ3) is 56.2. The van der Waals surface area contributed by atoms with Gasteiger partial charge in [0.2, 0.25) is 0 Å². The van der Waals surface area contributed by atoms with Gasteiger partial charge in [0.1, 0.15) is 13.2 Å². The number of esters is 3. The van der Waals surface area contributed by atoms with E-state index in [2.05, 4.69) is 167 Å². The molecule has 0 heterocycles. The molecule has 0 aromatic carbocycles. The number of ether oxygens (including phenoxy) is 3. The monoisotopic (exact) mass is 993 g/mol. The molecule has 0 aliphatic carbocycles. The smallest absolute Gasteiger partial charge is 0.306 e. The van der Waals surface area contributed by atoms with Crippen LogP contribution in [0, 0.1) is 0 Å². The van der Waals surface area contributed by atoms with Gasteiger partial charge in [0, 0.05) is 19.3 Å². The summed E-state index contributed by atoms with van der Waals surface area (Å²) in [4.78, 5) is 38.2. The molecule has 0 amide bonds. The Kier molecular flexibility index (Phi) is 55.0. The van der Waals surface area contributed by atoms with Crippen LogP contribution in [0.3, 0.4) is 0 Å². The van der Waals surface area contributed by atoms with Crippen LogP contribution < -0.4 is 0 Å². The molecule has 0 fully saturated rings. The van der Waals surface area contributed by atoms with E-state index in [1.54, 1.807) is 0 Å². The predicted octanol–water partition coefficient (Wildman–Crippen LogP) is 19.6. The molecule has 0 aliphatic heterocycles. The summed E-state index contributed by atoms with van der Waals surface area (Å²) in [5, 5.41) is 0. The zero-order valence-corrected chi connectivity index (χ0v) is 46.1. The number of unbranched alkanes of at least 4 members (excludes halogenated alkanes) is 18. The highest BCUT2D eigenvalue weighted by molar-refractivity contribution is 5.71.